The van der Waals surface area contributed by atoms with E-state index in [1.165, 1.54) is 18.4 Å². The van der Waals surface area contributed by atoms with Gasteiger partial charge in [-0.05, 0) is 43.6 Å². The number of aryl methyl sites for hydroxylation is 1. The summed E-state index contributed by atoms with van der Waals surface area (Å²) >= 11 is 0. The lowest BCUT2D eigenvalue weighted by Crippen LogP contribution is -2.36. The Balaban J connectivity index is 1.30. The van der Waals surface area contributed by atoms with Gasteiger partial charge < -0.3 is 9.84 Å². The van der Waals surface area contributed by atoms with Gasteiger partial charge in [0.05, 0.1) is 6.04 Å². The Kier molecular flexibility index (Phi) is 6.26. The molecule has 1 aliphatic rings. The lowest BCUT2D eigenvalue weighted by Gasteiger charge is -2.28. The monoisotopic (exact) mass is 391 g/mol. The maximum Gasteiger partial charge on any atom is 0.227 e. The third kappa shape index (κ3) is 5.06. The van der Waals surface area contributed by atoms with Crippen LogP contribution in [0.4, 0.5) is 0 Å². The second kappa shape index (κ2) is 9.43. The van der Waals surface area contributed by atoms with Crippen molar-refractivity contribution in [3.05, 3.63) is 66.3 Å². The van der Waals surface area contributed by atoms with Gasteiger partial charge in [-0.2, -0.15) is 4.98 Å². The van der Waals surface area contributed by atoms with Crippen molar-refractivity contribution in [1.29, 1.82) is 0 Å². The zero-order valence-electron chi connectivity index (χ0n) is 16.3. The van der Waals surface area contributed by atoms with Gasteiger partial charge in [0.25, 0.3) is 0 Å². The molecule has 150 valence electrons. The predicted octanol–water partition coefficient (Wildman–Crippen LogP) is 3.02. The van der Waals surface area contributed by atoms with E-state index in [0.717, 1.165) is 18.7 Å². The standard InChI is InChI=1S/C22H25N5O2/c28-20(8-9-21-25-22(26-29-21)18-10-12-23-13-11-18)24-16-19(27-14-4-5-15-27)17-6-2-1-3-7-17/h1-3,6-7,10-13,19H,4-5,8-9,14-16H2,(H,24,28). The number of nitrogens with zero attached hydrogens (tertiary/aromatic N) is 4. The van der Waals surface area contributed by atoms with E-state index in [1.54, 1.807) is 12.4 Å². The van der Waals surface area contributed by atoms with Crippen LogP contribution in [0.1, 0.15) is 36.8 Å². The minimum Gasteiger partial charge on any atom is -0.354 e. The Morgan fingerprint density at radius 3 is 2.62 bits per heavy atom. The van der Waals surface area contributed by atoms with E-state index in [0.29, 0.717) is 31.1 Å². The molecule has 0 bridgehead atoms. The van der Waals surface area contributed by atoms with Gasteiger partial charge in [-0.25, -0.2) is 0 Å². The summed E-state index contributed by atoms with van der Waals surface area (Å²) in [6, 6.07) is 14.2. The highest BCUT2D eigenvalue weighted by Gasteiger charge is 2.23. The minimum atomic E-state index is -0.00575. The number of hydrogen-bond donors (Lipinski definition) is 1. The first kappa shape index (κ1) is 19.3. The van der Waals surface area contributed by atoms with Crippen molar-refractivity contribution in [1.82, 2.24) is 25.3 Å². The second-order valence-corrected chi connectivity index (χ2v) is 7.22. The fraction of sp³-hybridized carbons (Fsp3) is 0.364. The van der Waals surface area contributed by atoms with Crippen molar-refractivity contribution in [3.63, 3.8) is 0 Å². The van der Waals surface area contributed by atoms with Crippen LogP contribution in [0.3, 0.4) is 0 Å². The normalized spacial score (nSPS) is 15.3. The molecule has 1 fully saturated rings. The van der Waals surface area contributed by atoms with Gasteiger partial charge >= 0.3 is 0 Å². The summed E-state index contributed by atoms with van der Waals surface area (Å²) in [7, 11) is 0. The molecule has 1 amide bonds. The largest absolute Gasteiger partial charge is 0.354 e. The first-order chi connectivity index (χ1) is 14.3. The van der Waals surface area contributed by atoms with Crippen LogP contribution in [0.5, 0.6) is 0 Å². The fourth-order valence-corrected chi connectivity index (χ4v) is 3.68. The molecule has 0 spiro atoms. The molecule has 29 heavy (non-hydrogen) atoms. The number of hydrogen-bond acceptors (Lipinski definition) is 6. The molecule has 7 heteroatoms. The molecule has 0 saturated carbocycles. The second-order valence-electron chi connectivity index (χ2n) is 7.22. The summed E-state index contributed by atoms with van der Waals surface area (Å²) in [6.45, 7) is 2.76. The number of rotatable bonds is 8. The van der Waals surface area contributed by atoms with Crippen LogP contribution in [0.15, 0.2) is 59.4 Å². The summed E-state index contributed by atoms with van der Waals surface area (Å²) in [5.74, 6) is 0.973. The summed E-state index contributed by atoms with van der Waals surface area (Å²) < 4.78 is 5.28. The van der Waals surface area contributed by atoms with Gasteiger partial charge in [0.15, 0.2) is 0 Å². The molecular formula is C22H25N5O2. The summed E-state index contributed by atoms with van der Waals surface area (Å²) in [5, 5.41) is 7.07. The van der Waals surface area contributed by atoms with Crippen molar-refractivity contribution in [2.45, 2.75) is 31.7 Å². The molecule has 1 N–H and O–H groups in total. The predicted molar refractivity (Wildman–Crippen MR) is 109 cm³/mol. The van der Waals surface area contributed by atoms with Crippen LogP contribution in [0.25, 0.3) is 11.4 Å². The molecule has 3 heterocycles. The van der Waals surface area contributed by atoms with E-state index < -0.39 is 0 Å². The molecule has 0 radical (unpaired) electrons. The molecule has 1 aliphatic heterocycles. The average molecular weight is 391 g/mol. The number of carbonyl (C=O) groups excluding carboxylic acids is 1. The lowest BCUT2D eigenvalue weighted by molar-refractivity contribution is -0.121. The highest BCUT2D eigenvalue weighted by molar-refractivity contribution is 5.76. The van der Waals surface area contributed by atoms with E-state index in [1.807, 2.05) is 18.2 Å². The SMILES string of the molecule is O=C(CCc1nc(-c2ccncc2)no1)NCC(c1ccccc1)N1CCCC1. The first-order valence-corrected chi connectivity index (χ1v) is 10.1. The smallest absolute Gasteiger partial charge is 0.227 e. The van der Waals surface area contributed by atoms with Crippen LogP contribution < -0.4 is 5.32 Å². The van der Waals surface area contributed by atoms with E-state index in [-0.39, 0.29) is 11.9 Å². The van der Waals surface area contributed by atoms with Crippen molar-refractivity contribution >= 4 is 5.91 Å². The number of nitrogens with one attached hydrogen (secondary N) is 1. The Bertz CT molecular complexity index is 907. The Morgan fingerprint density at radius 1 is 1.10 bits per heavy atom. The highest BCUT2D eigenvalue weighted by Crippen LogP contribution is 2.24. The quantitative estimate of drug-likeness (QED) is 0.635. The van der Waals surface area contributed by atoms with E-state index in [2.05, 4.69) is 49.6 Å². The lowest BCUT2D eigenvalue weighted by atomic mass is 10.1. The molecule has 1 atom stereocenters. The zero-order chi connectivity index (χ0) is 19.9. The van der Waals surface area contributed by atoms with Crippen molar-refractivity contribution in [2.75, 3.05) is 19.6 Å². The fourth-order valence-electron chi connectivity index (χ4n) is 3.68. The first-order valence-electron chi connectivity index (χ1n) is 10.1. The third-order valence-corrected chi connectivity index (χ3v) is 5.23. The molecule has 3 aromatic rings. The van der Waals surface area contributed by atoms with Crippen molar-refractivity contribution in [3.8, 4) is 11.4 Å². The van der Waals surface area contributed by atoms with Gasteiger partial charge in [-0.15, -0.1) is 0 Å². The van der Waals surface area contributed by atoms with Gasteiger partial charge in [-0.3, -0.25) is 14.7 Å². The van der Waals surface area contributed by atoms with Crippen LogP contribution in [-0.2, 0) is 11.2 Å². The van der Waals surface area contributed by atoms with E-state index in [9.17, 15) is 4.79 Å². The van der Waals surface area contributed by atoms with Crippen LogP contribution in [0.2, 0.25) is 0 Å². The number of amides is 1. The molecule has 0 aliphatic carbocycles. The van der Waals surface area contributed by atoms with Gasteiger partial charge in [0.1, 0.15) is 0 Å². The number of likely N-dealkylation sites (tertiary alicyclic amines) is 1. The van der Waals surface area contributed by atoms with Gasteiger partial charge in [-0.1, -0.05) is 35.5 Å². The topological polar surface area (TPSA) is 84.1 Å². The maximum atomic E-state index is 12.4. The Hall–Kier alpha value is -3.06. The van der Waals surface area contributed by atoms with Crippen LogP contribution in [-0.4, -0.2) is 45.6 Å². The zero-order valence-corrected chi connectivity index (χ0v) is 16.3. The van der Waals surface area contributed by atoms with E-state index in [4.69, 9.17) is 4.52 Å². The van der Waals surface area contributed by atoms with Crippen molar-refractivity contribution < 1.29 is 9.32 Å². The van der Waals surface area contributed by atoms with Gasteiger partial charge in [0.2, 0.25) is 17.6 Å². The molecule has 1 aromatic carbocycles. The number of benzene rings is 1. The Labute approximate surface area is 170 Å². The molecule has 4 rings (SSSR count). The summed E-state index contributed by atoms with van der Waals surface area (Å²) in [5.41, 5.74) is 2.09. The molecule has 1 unspecified atom stereocenters. The molecule has 1 saturated heterocycles. The summed E-state index contributed by atoms with van der Waals surface area (Å²) in [4.78, 5) is 23.2. The number of aromatic nitrogens is 3. The summed E-state index contributed by atoms with van der Waals surface area (Å²) in [6.07, 6.45) is 6.54. The van der Waals surface area contributed by atoms with Crippen LogP contribution in [0, 0.1) is 0 Å². The maximum absolute atomic E-state index is 12.4. The van der Waals surface area contributed by atoms with E-state index >= 15 is 0 Å². The molecular weight excluding hydrogens is 366 g/mol. The van der Waals surface area contributed by atoms with Crippen LogP contribution >= 0.6 is 0 Å². The molecule has 2 aromatic heterocycles. The Morgan fingerprint density at radius 2 is 1.86 bits per heavy atom. The van der Waals surface area contributed by atoms with Gasteiger partial charge in [0, 0.05) is 37.3 Å². The minimum absolute atomic E-state index is 0.00575. The molecule has 7 nitrogen and oxygen atoms in total. The number of carbonyl (C=O) groups is 1. The third-order valence-electron chi connectivity index (χ3n) is 5.23. The highest BCUT2D eigenvalue weighted by atomic mass is 16.5. The van der Waals surface area contributed by atoms with Crippen molar-refractivity contribution in [2.24, 2.45) is 0 Å². The number of pyridine rings is 1. The average Bonchev–Trinajstić information content (AvgIpc) is 3.46.